The molecule has 1 heterocycles. The molecular formula is C13H19N3O. The SMILES string of the molecule is CC1CC(NC(=O)NCc2ccccc2)CN1. The van der Waals surface area contributed by atoms with E-state index < -0.39 is 0 Å². The number of carbonyl (C=O) groups excluding carboxylic acids is 1. The summed E-state index contributed by atoms with van der Waals surface area (Å²) in [6.45, 7) is 3.56. The molecule has 4 heteroatoms. The monoisotopic (exact) mass is 233 g/mol. The fraction of sp³-hybridized carbons (Fsp3) is 0.462. The van der Waals surface area contributed by atoms with E-state index in [0.717, 1.165) is 18.5 Å². The van der Waals surface area contributed by atoms with Gasteiger partial charge in [0.1, 0.15) is 0 Å². The quantitative estimate of drug-likeness (QED) is 0.735. The first-order valence-electron chi connectivity index (χ1n) is 6.05. The molecule has 4 nitrogen and oxygen atoms in total. The molecule has 2 rings (SSSR count). The van der Waals surface area contributed by atoms with Crippen LogP contribution in [0.15, 0.2) is 30.3 Å². The third kappa shape index (κ3) is 3.75. The van der Waals surface area contributed by atoms with Gasteiger partial charge in [-0.05, 0) is 18.9 Å². The highest BCUT2D eigenvalue weighted by molar-refractivity contribution is 5.74. The summed E-state index contributed by atoms with van der Waals surface area (Å²) >= 11 is 0. The van der Waals surface area contributed by atoms with Gasteiger partial charge in [0.05, 0.1) is 0 Å². The standard InChI is InChI=1S/C13H19N3O/c1-10-7-12(9-14-10)16-13(17)15-8-11-5-3-2-4-6-11/h2-6,10,12,14H,7-9H2,1H3,(H2,15,16,17). The van der Waals surface area contributed by atoms with Gasteiger partial charge in [-0.3, -0.25) is 0 Å². The summed E-state index contributed by atoms with van der Waals surface area (Å²) in [5, 5.41) is 9.14. The maximum Gasteiger partial charge on any atom is 0.315 e. The molecule has 3 N–H and O–H groups in total. The van der Waals surface area contributed by atoms with Gasteiger partial charge < -0.3 is 16.0 Å². The number of amides is 2. The van der Waals surface area contributed by atoms with Crippen LogP contribution in [0.3, 0.4) is 0 Å². The Morgan fingerprint density at radius 3 is 2.82 bits per heavy atom. The Kier molecular flexibility index (Phi) is 3.98. The second kappa shape index (κ2) is 5.68. The third-order valence-electron chi connectivity index (χ3n) is 2.98. The Labute approximate surface area is 102 Å². The van der Waals surface area contributed by atoms with E-state index in [1.165, 1.54) is 0 Å². The van der Waals surface area contributed by atoms with Gasteiger partial charge in [-0.15, -0.1) is 0 Å². The predicted molar refractivity (Wildman–Crippen MR) is 67.7 cm³/mol. The summed E-state index contributed by atoms with van der Waals surface area (Å²) in [5.74, 6) is 0. The van der Waals surface area contributed by atoms with Crippen molar-refractivity contribution in [3.63, 3.8) is 0 Å². The topological polar surface area (TPSA) is 53.2 Å². The van der Waals surface area contributed by atoms with Crippen LogP contribution in [-0.2, 0) is 6.54 Å². The van der Waals surface area contributed by atoms with Gasteiger partial charge in [-0.2, -0.15) is 0 Å². The summed E-state index contributed by atoms with van der Waals surface area (Å²) in [5.41, 5.74) is 1.11. The minimum absolute atomic E-state index is 0.0882. The zero-order chi connectivity index (χ0) is 12.1. The highest BCUT2D eigenvalue weighted by atomic mass is 16.2. The summed E-state index contributed by atoms with van der Waals surface area (Å²) in [7, 11) is 0. The van der Waals surface area contributed by atoms with E-state index in [9.17, 15) is 4.79 Å². The van der Waals surface area contributed by atoms with Crippen LogP contribution < -0.4 is 16.0 Å². The molecule has 92 valence electrons. The predicted octanol–water partition coefficient (Wildman–Crippen LogP) is 1.24. The van der Waals surface area contributed by atoms with Crippen LogP contribution in [0.2, 0.25) is 0 Å². The normalized spacial score (nSPS) is 23.4. The van der Waals surface area contributed by atoms with Crippen molar-refractivity contribution in [1.82, 2.24) is 16.0 Å². The van der Waals surface area contributed by atoms with Gasteiger partial charge in [-0.1, -0.05) is 30.3 Å². The molecule has 1 aromatic carbocycles. The molecule has 0 aromatic heterocycles. The number of carbonyl (C=O) groups is 1. The van der Waals surface area contributed by atoms with E-state index in [1.54, 1.807) is 0 Å². The summed E-state index contributed by atoms with van der Waals surface area (Å²) in [4.78, 5) is 11.6. The van der Waals surface area contributed by atoms with Crippen molar-refractivity contribution in [3.8, 4) is 0 Å². The Morgan fingerprint density at radius 1 is 1.41 bits per heavy atom. The lowest BCUT2D eigenvalue weighted by Gasteiger charge is -2.12. The number of hydrogen-bond donors (Lipinski definition) is 3. The molecule has 1 aliphatic rings. The van der Waals surface area contributed by atoms with Crippen LogP contribution in [0.25, 0.3) is 0 Å². The van der Waals surface area contributed by atoms with Crippen LogP contribution in [0.4, 0.5) is 4.79 Å². The number of benzene rings is 1. The Hall–Kier alpha value is -1.55. The van der Waals surface area contributed by atoms with E-state index in [4.69, 9.17) is 0 Å². The highest BCUT2D eigenvalue weighted by Crippen LogP contribution is 2.05. The summed E-state index contributed by atoms with van der Waals surface area (Å²) < 4.78 is 0. The maximum atomic E-state index is 11.6. The number of rotatable bonds is 3. The van der Waals surface area contributed by atoms with E-state index >= 15 is 0 Å². The average molecular weight is 233 g/mol. The third-order valence-corrected chi connectivity index (χ3v) is 2.98. The molecule has 2 amide bonds. The maximum absolute atomic E-state index is 11.6. The van der Waals surface area contributed by atoms with Gasteiger partial charge in [0, 0.05) is 25.2 Å². The largest absolute Gasteiger partial charge is 0.334 e. The first-order valence-corrected chi connectivity index (χ1v) is 6.05. The second-order valence-corrected chi connectivity index (χ2v) is 4.55. The molecule has 0 spiro atoms. The summed E-state index contributed by atoms with van der Waals surface area (Å²) in [6, 6.07) is 10.6. The lowest BCUT2D eigenvalue weighted by molar-refractivity contribution is 0.237. The zero-order valence-corrected chi connectivity index (χ0v) is 10.1. The molecule has 2 unspecified atom stereocenters. The minimum atomic E-state index is -0.0882. The lowest BCUT2D eigenvalue weighted by Crippen LogP contribution is -2.42. The van der Waals surface area contributed by atoms with E-state index in [-0.39, 0.29) is 12.1 Å². The van der Waals surface area contributed by atoms with Gasteiger partial charge in [0.15, 0.2) is 0 Å². The highest BCUT2D eigenvalue weighted by Gasteiger charge is 2.21. The Bertz CT molecular complexity index is 366. The van der Waals surface area contributed by atoms with Crippen molar-refractivity contribution in [2.45, 2.75) is 32.0 Å². The molecule has 2 atom stereocenters. The van der Waals surface area contributed by atoms with Crippen LogP contribution in [0, 0.1) is 0 Å². The average Bonchev–Trinajstić information content (AvgIpc) is 2.73. The van der Waals surface area contributed by atoms with E-state index in [0.29, 0.717) is 12.6 Å². The van der Waals surface area contributed by atoms with E-state index in [2.05, 4.69) is 22.9 Å². The molecule has 0 saturated carbocycles. The first kappa shape index (κ1) is 11.9. The zero-order valence-electron chi connectivity index (χ0n) is 10.1. The van der Waals surface area contributed by atoms with Crippen molar-refractivity contribution in [1.29, 1.82) is 0 Å². The molecule has 1 aromatic rings. The molecule has 0 bridgehead atoms. The Morgan fingerprint density at radius 2 is 2.18 bits per heavy atom. The van der Waals surface area contributed by atoms with Crippen LogP contribution in [0.1, 0.15) is 18.9 Å². The van der Waals surface area contributed by atoms with Crippen molar-refractivity contribution < 1.29 is 4.79 Å². The smallest absolute Gasteiger partial charge is 0.315 e. The van der Waals surface area contributed by atoms with Crippen LogP contribution in [-0.4, -0.2) is 24.7 Å². The fourth-order valence-corrected chi connectivity index (χ4v) is 2.06. The van der Waals surface area contributed by atoms with Crippen molar-refractivity contribution in [2.24, 2.45) is 0 Å². The van der Waals surface area contributed by atoms with Crippen LogP contribution >= 0.6 is 0 Å². The van der Waals surface area contributed by atoms with Crippen molar-refractivity contribution >= 4 is 6.03 Å². The van der Waals surface area contributed by atoms with Crippen molar-refractivity contribution in [2.75, 3.05) is 6.54 Å². The van der Waals surface area contributed by atoms with Gasteiger partial charge in [0.25, 0.3) is 0 Å². The molecule has 1 saturated heterocycles. The summed E-state index contributed by atoms with van der Waals surface area (Å²) in [6.07, 6.45) is 0.999. The molecule has 0 aliphatic carbocycles. The number of hydrogen-bond acceptors (Lipinski definition) is 2. The lowest BCUT2D eigenvalue weighted by atomic mass is 10.2. The fourth-order valence-electron chi connectivity index (χ4n) is 2.06. The Balaban J connectivity index is 1.71. The molecule has 17 heavy (non-hydrogen) atoms. The van der Waals surface area contributed by atoms with Gasteiger partial charge >= 0.3 is 6.03 Å². The minimum Gasteiger partial charge on any atom is -0.334 e. The van der Waals surface area contributed by atoms with Crippen molar-refractivity contribution in [3.05, 3.63) is 35.9 Å². The molecular weight excluding hydrogens is 214 g/mol. The van der Waals surface area contributed by atoms with Gasteiger partial charge in [-0.25, -0.2) is 4.79 Å². The number of urea groups is 1. The molecule has 1 fully saturated rings. The van der Waals surface area contributed by atoms with Gasteiger partial charge in [0.2, 0.25) is 0 Å². The van der Waals surface area contributed by atoms with E-state index in [1.807, 2.05) is 30.3 Å². The molecule has 0 radical (unpaired) electrons. The first-order chi connectivity index (χ1) is 8.24. The second-order valence-electron chi connectivity index (χ2n) is 4.55. The van der Waals surface area contributed by atoms with Crippen LogP contribution in [0.5, 0.6) is 0 Å². The molecule has 1 aliphatic heterocycles. The number of nitrogens with one attached hydrogen (secondary N) is 3.